The van der Waals surface area contributed by atoms with E-state index in [0.29, 0.717) is 47.4 Å². The fourth-order valence-corrected chi connectivity index (χ4v) is 3.22. The molecule has 32 heavy (non-hydrogen) atoms. The van der Waals surface area contributed by atoms with Crippen LogP contribution in [0, 0.1) is 5.82 Å². The predicted octanol–water partition coefficient (Wildman–Crippen LogP) is 6.25. The molecule has 3 aromatic rings. The molecule has 0 atom stereocenters. The number of hydrogen-bond acceptors (Lipinski definition) is 5. The van der Waals surface area contributed by atoms with Crippen LogP contribution in [0.2, 0.25) is 5.02 Å². The lowest BCUT2D eigenvalue weighted by molar-refractivity contribution is 0.0526. The number of halogens is 2. The van der Waals surface area contributed by atoms with Gasteiger partial charge in [0.15, 0.2) is 11.5 Å². The molecule has 0 saturated carbocycles. The molecule has 1 N–H and O–H groups in total. The summed E-state index contributed by atoms with van der Waals surface area (Å²) < 4.78 is 30.4. The average molecular weight is 458 g/mol. The van der Waals surface area contributed by atoms with Gasteiger partial charge in [0.2, 0.25) is 0 Å². The van der Waals surface area contributed by atoms with E-state index in [0.717, 1.165) is 11.3 Å². The summed E-state index contributed by atoms with van der Waals surface area (Å²) in [6.45, 7) is 4.92. The quantitative estimate of drug-likeness (QED) is 0.365. The van der Waals surface area contributed by atoms with E-state index in [4.69, 9.17) is 25.8 Å². The van der Waals surface area contributed by atoms with E-state index in [-0.39, 0.29) is 18.4 Å². The zero-order valence-electron chi connectivity index (χ0n) is 18.0. The van der Waals surface area contributed by atoms with Crippen molar-refractivity contribution in [3.05, 3.63) is 88.2 Å². The minimum absolute atomic E-state index is 0.0630. The molecular weight excluding hydrogens is 433 g/mol. The smallest absolute Gasteiger partial charge is 0.338 e. The van der Waals surface area contributed by atoms with Gasteiger partial charge in [-0.25, -0.2) is 9.18 Å². The second kappa shape index (κ2) is 11.4. The zero-order valence-corrected chi connectivity index (χ0v) is 18.7. The standard InChI is InChI=1S/C25H25ClFNO4/c1-3-30-23-13-19(15-28-20-11-9-17(10-12-20)25(29)31-4-2)21(26)14-24(23)32-16-18-7-5-6-8-22(18)27/h5-14,28H,3-4,15-16H2,1-2H3. The maximum Gasteiger partial charge on any atom is 0.338 e. The van der Waals surface area contributed by atoms with Crippen molar-refractivity contribution in [2.75, 3.05) is 18.5 Å². The molecule has 0 spiro atoms. The van der Waals surface area contributed by atoms with E-state index in [1.165, 1.54) is 6.07 Å². The van der Waals surface area contributed by atoms with E-state index in [1.54, 1.807) is 55.5 Å². The van der Waals surface area contributed by atoms with Gasteiger partial charge in [0.1, 0.15) is 12.4 Å². The fourth-order valence-electron chi connectivity index (χ4n) is 3.00. The van der Waals surface area contributed by atoms with Crippen molar-refractivity contribution < 1.29 is 23.4 Å². The Hall–Kier alpha value is -3.25. The molecule has 0 aliphatic rings. The molecule has 0 bridgehead atoms. The van der Waals surface area contributed by atoms with E-state index in [2.05, 4.69) is 5.32 Å². The Morgan fingerprint density at radius 2 is 1.66 bits per heavy atom. The summed E-state index contributed by atoms with van der Waals surface area (Å²) in [6.07, 6.45) is 0. The number of carbonyl (C=O) groups excluding carboxylic acids is 1. The van der Waals surface area contributed by atoms with Gasteiger partial charge in [-0.3, -0.25) is 0 Å². The third kappa shape index (κ3) is 6.14. The second-order valence-corrected chi connectivity index (χ2v) is 7.26. The van der Waals surface area contributed by atoms with Crippen molar-refractivity contribution in [2.24, 2.45) is 0 Å². The van der Waals surface area contributed by atoms with Crippen LogP contribution in [0.5, 0.6) is 11.5 Å². The van der Waals surface area contributed by atoms with Crippen LogP contribution in [-0.4, -0.2) is 19.2 Å². The van der Waals surface area contributed by atoms with Gasteiger partial charge in [0.25, 0.3) is 0 Å². The Morgan fingerprint density at radius 3 is 2.34 bits per heavy atom. The molecule has 0 aliphatic carbocycles. The van der Waals surface area contributed by atoms with E-state index >= 15 is 0 Å². The maximum atomic E-state index is 13.9. The number of ether oxygens (including phenoxy) is 3. The van der Waals surface area contributed by atoms with E-state index < -0.39 is 0 Å². The first kappa shape index (κ1) is 23.4. The van der Waals surface area contributed by atoms with Gasteiger partial charge >= 0.3 is 5.97 Å². The van der Waals surface area contributed by atoms with Gasteiger partial charge < -0.3 is 19.5 Å². The highest BCUT2D eigenvalue weighted by atomic mass is 35.5. The van der Waals surface area contributed by atoms with Crippen LogP contribution >= 0.6 is 11.6 Å². The monoisotopic (exact) mass is 457 g/mol. The Kier molecular flexibility index (Phi) is 8.34. The summed E-state index contributed by atoms with van der Waals surface area (Å²) in [5, 5.41) is 3.76. The number of nitrogens with one attached hydrogen (secondary N) is 1. The van der Waals surface area contributed by atoms with Gasteiger partial charge in [-0.05, 0) is 55.8 Å². The van der Waals surface area contributed by atoms with Crippen LogP contribution < -0.4 is 14.8 Å². The zero-order chi connectivity index (χ0) is 22.9. The third-order valence-electron chi connectivity index (χ3n) is 4.63. The van der Waals surface area contributed by atoms with Crippen molar-refractivity contribution in [1.29, 1.82) is 0 Å². The van der Waals surface area contributed by atoms with Crippen molar-refractivity contribution >= 4 is 23.3 Å². The molecule has 3 aromatic carbocycles. The molecule has 7 heteroatoms. The van der Waals surface area contributed by atoms with Gasteiger partial charge in [0.05, 0.1) is 18.8 Å². The highest BCUT2D eigenvalue weighted by molar-refractivity contribution is 6.31. The van der Waals surface area contributed by atoms with Crippen LogP contribution in [0.25, 0.3) is 0 Å². The van der Waals surface area contributed by atoms with Gasteiger partial charge in [0, 0.05) is 28.9 Å². The van der Waals surface area contributed by atoms with Crippen LogP contribution in [0.15, 0.2) is 60.7 Å². The Bertz CT molecular complexity index is 1060. The van der Waals surface area contributed by atoms with Crippen molar-refractivity contribution in [3.8, 4) is 11.5 Å². The highest BCUT2D eigenvalue weighted by Gasteiger charge is 2.13. The van der Waals surface area contributed by atoms with E-state index in [1.807, 2.05) is 13.0 Å². The summed E-state index contributed by atoms with van der Waals surface area (Å²) in [5.41, 5.74) is 2.57. The first-order valence-electron chi connectivity index (χ1n) is 10.3. The van der Waals surface area contributed by atoms with Crippen molar-refractivity contribution in [3.63, 3.8) is 0 Å². The molecule has 3 rings (SSSR count). The molecule has 0 unspecified atom stereocenters. The minimum Gasteiger partial charge on any atom is -0.490 e. The largest absolute Gasteiger partial charge is 0.490 e. The minimum atomic E-state index is -0.352. The highest BCUT2D eigenvalue weighted by Crippen LogP contribution is 2.34. The first-order chi connectivity index (χ1) is 15.5. The molecule has 0 amide bonds. The molecule has 0 radical (unpaired) electrons. The maximum absolute atomic E-state index is 13.9. The Balaban J connectivity index is 1.70. The van der Waals surface area contributed by atoms with Crippen LogP contribution in [0.3, 0.4) is 0 Å². The fraction of sp³-hybridized carbons (Fsp3) is 0.240. The predicted molar refractivity (Wildman–Crippen MR) is 123 cm³/mol. The van der Waals surface area contributed by atoms with Crippen molar-refractivity contribution in [2.45, 2.75) is 27.0 Å². The molecular formula is C25H25ClFNO4. The number of esters is 1. The number of benzene rings is 3. The van der Waals surface area contributed by atoms with Gasteiger partial charge in [-0.2, -0.15) is 0 Å². The molecule has 0 aliphatic heterocycles. The molecule has 0 fully saturated rings. The van der Waals surface area contributed by atoms with Gasteiger partial charge in [-0.1, -0.05) is 29.8 Å². The Labute approximate surface area is 192 Å². The molecule has 0 heterocycles. The number of carbonyl (C=O) groups is 1. The Morgan fingerprint density at radius 1 is 0.938 bits per heavy atom. The number of anilines is 1. The third-order valence-corrected chi connectivity index (χ3v) is 4.98. The van der Waals surface area contributed by atoms with Crippen LogP contribution in [0.1, 0.15) is 35.3 Å². The van der Waals surface area contributed by atoms with Crippen LogP contribution in [-0.2, 0) is 17.9 Å². The molecule has 0 aromatic heterocycles. The summed E-state index contributed by atoms with van der Waals surface area (Å²) in [4.78, 5) is 11.8. The second-order valence-electron chi connectivity index (χ2n) is 6.85. The summed E-state index contributed by atoms with van der Waals surface area (Å²) in [5.74, 6) is 0.297. The molecule has 0 saturated heterocycles. The summed E-state index contributed by atoms with van der Waals surface area (Å²) in [6, 6.07) is 16.9. The average Bonchev–Trinajstić information content (AvgIpc) is 2.79. The number of rotatable bonds is 10. The van der Waals surface area contributed by atoms with Gasteiger partial charge in [-0.15, -0.1) is 0 Å². The van der Waals surface area contributed by atoms with Crippen LogP contribution in [0.4, 0.5) is 10.1 Å². The number of hydrogen-bond donors (Lipinski definition) is 1. The summed E-state index contributed by atoms with van der Waals surface area (Å²) in [7, 11) is 0. The summed E-state index contributed by atoms with van der Waals surface area (Å²) >= 11 is 6.47. The molecule has 168 valence electrons. The topological polar surface area (TPSA) is 56.8 Å². The SMILES string of the molecule is CCOC(=O)c1ccc(NCc2cc(OCC)c(OCc3ccccc3F)cc2Cl)cc1. The van der Waals surface area contributed by atoms with Crippen molar-refractivity contribution in [1.82, 2.24) is 0 Å². The normalized spacial score (nSPS) is 10.5. The lowest BCUT2D eigenvalue weighted by Crippen LogP contribution is -2.06. The van der Waals surface area contributed by atoms with E-state index in [9.17, 15) is 9.18 Å². The molecule has 5 nitrogen and oxygen atoms in total. The lowest BCUT2D eigenvalue weighted by Gasteiger charge is -2.16. The lowest BCUT2D eigenvalue weighted by atomic mass is 10.1. The first-order valence-corrected chi connectivity index (χ1v) is 10.7.